The van der Waals surface area contributed by atoms with Gasteiger partial charge in [-0.3, -0.25) is 19.2 Å². The molecule has 2 aliphatic rings. The van der Waals surface area contributed by atoms with Crippen LogP contribution in [0.2, 0.25) is 0 Å². The van der Waals surface area contributed by atoms with E-state index in [2.05, 4.69) is 5.32 Å². The second-order valence-electron chi connectivity index (χ2n) is 16.8. The smallest absolute Gasteiger partial charge is 0.307 e. The number of rotatable bonds is 3. The normalized spacial score (nSPS) is 29.6. The van der Waals surface area contributed by atoms with Crippen LogP contribution in [0.5, 0.6) is 11.5 Å². The number of aromatic hydroxyl groups is 1. The first-order chi connectivity index (χ1) is 28.6. The fourth-order valence-electron chi connectivity index (χ4n) is 8.24. The molecule has 0 radical (unpaired) electrons. The van der Waals surface area contributed by atoms with Crippen molar-refractivity contribution in [1.82, 2.24) is 4.98 Å². The van der Waals surface area contributed by atoms with E-state index in [0.29, 0.717) is 5.56 Å². The van der Waals surface area contributed by atoms with Crippen molar-refractivity contribution in [3.63, 3.8) is 0 Å². The van der Waals surface area contributed by atoms with Crippen molar-refractivity contribution < 1.29 is 53.4 Å². The van der Waals surface area contributed by atoms with Gasteiger partial charge in [-0.2, -0.15) is 0 Å². The minimum atomic E-state index is -1.97. The Balaban J connectivity index is 1.65. The number of carbonyl (C=O) groups excluding carboxylic acids is 2. The molecule has 15 heteroatoms. The first kappa shape index (κ1) is 44.8. The summed E-state index contributed by atoms with van der Waals surface area (Å²) in [6, 6.07) is 3.06. The molecule has 61 heavy (non-hydrogen) atoms. The first-order valence-electron chi connectivity index (χ1n) is 20.3. The lowest BCUT2D eigenvalue weighted by Gasteiger charge is -2.38. The molecule has 4 aromatic rings. The molecular formula is C46H54N2O13. The second-order valence-corrected chi connectivity index (χ2v) is 16.8. The fourth-order valence-corrected chi connectivity index (χ4v) is 8.24. The van der Waals surface area contributed by atoms with Crippen LogP contribution in [-0.2, 0) is 23.8 Å². The summed E-state index contributed by atoms with van der Waals surface area (Å²) in [4.78, 5) is 59.1. The number of hydrogen-bond acceptors (Lipinski definition) is 14. The lowest BCUT2D eigenvalue weighted by Crippen LogP contribution is -2.46. The molecule has 0 fully saturated rings. The average Bonchev–Trinajstić information content (AvgIpc) is 3.48. The van der Waals surface area contributed by atoms with Gasteiger partial charge in [0.15, 0.2) is 22.4 Å². The van der Waals surface area contributed by atoms with Crippen LogP contribution in [0.1, 0.15) is 79.4 Å². The number of aliphatic hydroxyl groups excluding tert-OH is 3. The Morgan fingerprint density at radius 3 is 2.28 bits per heavy atom. The number of benzene rings is 3. The third-order valence-corrected chi connectivity index (χ3v) is 12.1. The molecule has 326 valence electrons. The minimum Gasteiger partial charge on any atom is -0.507 e. The van der Waals surface area contributed by atoms with Crippen molar-refractivity contribution in [2.24, 2.45) is 23.7 Å². The van der Waals surface area contributed by atoms with Gasteiger partial charge in [0.05, 0.1) is 35.2 Å². The van der Waals surface area contributed by atoms with Gasteiger partial charge in [0.2, 0.25) is 10.9 Å². The first-order valence-corrected chi connectivity index (χ1v) is 20.3. The summed E-state index contributed by atoms with van der Waals surface area (Å²) in [5.41, 5.74) is -1.32. The van der Waals surface area contributed by atoms with E-state index < -0.39 is 88.1 Å². The standard InChI is InChI=1S/C46H54N2O13/c1-19(2)27-17-28(50)34-30(18-27)60-43-35(47-34)31-32-39(53)25(8)42-33(31)44(55)46(10,61-42)58-16-15-29(57-11)22(5)41(59-26(9)49)24(7)38(52)23(6)37(51)20(3)13-12-14-21(4)45(56)48-36(43)40(32)54/h12-20,22-24,29,37-38,41,51-53,55H,1-11H3,(H,48,56)/b13-12+,16-15+,21-14-/t20-,22+,23+,24+,29-,37-,38+,41+,46-/m0/s1. The molecule has 2 aliphatic heterocycles. The van der Waals surface area contributed by atoms with Gasteiger partial charge in [0.25, 0.3) is 5.91 Å². The van der Waals surface area contributed by atoms with E-state index in [9.17, 15) is 39.6 Å². The van der Waals surface area contributed by atoms with Gasteiger partial charge in [0.1, 0.15) is 28.8 Å². The van der Waals surface area contributed by atoms with Crippen molar-refractivity contribution in [1.29, 1.82) is 0 Å². The SMILES string of the molecule is CO[C@H]1/C=C/O[C@@]2(C)Oc3c(C)c(O)c4c(=O)c(c5oc6cc(C(C)C)cc(=O)c6nc5c4c3=C2O)NC(=O)/C(C)=C\C=C\[C@H](C)[C@H](O)[C@@H](C)[C@@H](O)[C@@H](C)[C@H](OC(C)=O)[C@@H]1C. The van der Waals surface area contributed by atoms with Crippen LogP contribution < -0.4 is 26.1 Å². The van der Waals surface area contributed by atoms with Crippen molar-refractivity contribution in [3.05, 3.63) is 85.1 Å². The monoisotopic (exact) mass is 842 g/mol. The van der Waals surface area contributed by atoms with Gasteiger partial charge in [0, 0.05) is 61.2 Å². The number of amides is 1. The van der Waals surface area contributed by atoms with Gasteiger partial charge in [-0.25, -0.2) is 4.98 Å². The maximum atomic E-state index is 14.7. The van der Waals surface area contributed by atoms with E-state index >= 15 is 0 Å². The molecule has 0 spiro atoms. The Morgan fingerprint density at radius 2 is 1.64 bits per heavy atom. The molecule has 6 rings (SSSR count). The van der Waals surface area contributed by atoms with Crippen LogP contribution in [0, 0.1) is 30.6 Å². The Labute approximate surface area is 352 Å². The third-order valence-electron chi connectivity index (χ3n) is 12.1. The van der Waals surface area contributed by atoms with E-state index in [1.165, 1.54) is 59.3 Å². The second kappa shape index (κ2) is 16.9. The quantitative estimate of drug-likeness (QED) is 0.0951. The van der Waals surface area contributed by atoms with Gasteiger partial charge in [-0.1, -0.05) is 59.8 Å². The number of nitrogens with one attached hydrogen (secondary N) is 1. The number of nitrogens with zero attached hydrogens (tertiary/aromatic N) is 1. The summed E-state index contributed by atoms with van der Waals surface area (Å²) in [6.07, 6.45) is 3.54. The lowest BCUT2D eigenvalue weighted by molar-refractivity contribution is -0.160. The van der Waals surface area contributed by atoms with E-state index in [0.717, 1.165) is 0 Å². The largest absolute Gasteiger partial charge is 0.507 e. The van der Waals surface area contributed by atoms with Gasteiger partial charge in [-0.15, -0.1) is 0 Å². The highest BCUT2D eigenvalue weighted by Crippen LogP contribution is 2.42. The van der Waals surface area contributed by atoms with Gasteiger partial charge < -0.3 is 49.1 Å². The Kier molecular flexibility index (Phi) is 12.4. The predicted molar refractivity (Wildman–Crippen MR) is 229 cm³/mol. The molecule has 15 nitrogen and oxygen atoms in total. The number of carbonyl (C=O) groups is 2. The van der Waals surface area contributed by atoms with Crippen LogP contribution >= 0.6 is 0 Å². The Hall–Kier alpha value is -5.77. The lowest BCUT2D eigenvalue weighted by atomic mass is 9.78. The zero-order chi connectivity index (χ0) is 45.0. The van der Waals surface area contributed by atoms with Gasteiger partial charge >= 0.3 is 11.8 Å². The van der Waals surface area contributed by atoms with E-state index in [-0.39, 0.29) is 66.7 Å². The molecule has 0 saturated heterocycles. The molecule has 1 amide bonds. The van der Waals surface area contributed by atoms with Crippen molar-refractivity contribution in [2.75, 3.05) is 12.4 Å². The fraction of sp³-hybridized carbons (Fsp3) is 0.457. The van der Waals surface area contributed by atoms with Crippen molar-refractivity contribution in [3.8, 4) is 11.5 Å². The third kappa shape index (κ3) is 7.97. The number of aliphatic hydroxyl groups is 3. The molecular weight excluding hydrogens is 789 g/mol. The van der Waals surface area contributed by atoms with Crippen molar-refractivity contribution >= 4 is 56.3 Å². The maximum Gasteiger partial charge on any atom is 0.307 e. The summed E-state index contributed by atoms with van der Waals surface area (Å²) in [5, 5.41) is 48.8. The molecule has 0 aliphatic carbocycles. The van der Waals surface area contributed by atoms with E-state index in [1.54, 1.807) is 45.9 Å². The highest BCUT2D eigenvalue weighted by atomic mass is 16.7. The van der Waals surface area contributed by atoms with Gasteiger partial charge in [-0.05, 0) is 43.5 Å². The molecule has 5 N–H and O–H groups in total. The number of phenolic OH excluding ortho intramolecular Hbond substituents is 1. The number of anilines is 1. The summed E-state index contributed by atoms with van der Waals surface area (Å²) in [5.74, 6) is -6.97. The average molecular weight is 843 g/mol. The molecule has 0 saturated carbocycles. The highest BCUT2D eigenvalue weighted by molar-refractivity contribution is 6.16. The number of aromatic nitrogens is 1. The molecule has 3 aromatic carbocycles. The number of allylic oxidation sites excluding steroid dienone is 2. The molecule has 3 heterocycles. The number of esters is 1. The number of fused-ring (bicyclic) bond motifs is 2. The minimum absolute atomic E-state index is 0.0381. The number of hydrogen-bond donors (Lipinski definition) is 5. The van der Waals surface area contributed by atoms with Crippen LogP contribution in [0.4, 0.5) is 5.69 Å². The van der Waals surface area contributed by atoms with E-state index in [4.69, 9.17) is 28.3 Å². The molecule has 9 atom stereocenters. The van der Waals surface area contributed by atoms with Crippen LogP contribution in [-0.4, -0.2) is 74.6 Å². The molecule has 1 aromatic heterocycles. The summed E-state index contributed by atoms with van der Waals surface area (Å²) < 4.78 is 30.2. The molecule has 4 bridgehead atoms. The highest BCUT2D eigenvalue weighted by Gasteiger charge is 2.44. The Bertz CT molecular complexity index is 2700. The van der Waals surface area contributed by atoms with Crippen LogP contribution in [0.15, 0.2) is 62.3 Å². The summed E-state index contributed by atoms with van der Waals surface area (Å²) >= 11 is 0. The zero-order valence-electron chi connectivity index (χ0n) is 36.1. The Morgan fingerprint density at radius 1 is 0.951 bits per heavy atom. The predicted octanol–water partition coefficient (Wildman–Crippen LogP) is 5.68. The van der Waals surface area contributed by atoms with Crippen LogP contribution in [0.25, 0.3) is 38.7 Å². The maximum absolute atomic E-state index is 14.7. The van der Waals surface area contributed by atoms with E-state index in [1.807, 2.05) is 13.8 Å². The van der Waals surface area contributed by atoms with Crippen LogP contribution in [0.3, 0.4) is 0 Å². The topological polar surface area (TPSA) is 224 Å². The zero-order valence-corrected chi connectivity index (χ0v) is 36.1. The number of phenols is 1. The summed E-state index contributed by atoms with van der Waals surface area (Å²) in [7, 11) is 1.44. The number of methoxy groups -OCH3 is 1. The molecule has 0 unspecified atom stereocenters. The van der Waals surface area contributed by atoms with Crippen molar-refractivity contribution in [2.45, 2.75) is 105 Å². The number of ether oxygens (including phenoxy) is 4. The summed E-state index contributed by atoms with van der Waals surface area (Å²) in [6.45, 7) is 16.3.